The third kappa shape index (κ3) is 3.42. The van der Waals surface area contributed by atoms with E-state index in [1.54, 1.807) is 29.4 Å². The normalized spacial score (nSPS) is 14.5. The van der Waals surface area contributed by atoms with Crippen molar-refractivity contribution in [1.29, 1.82) is 0 Å². The first-order valence-corrected chi connectivity index (χ1v) is 10.7. The Morgan fingerprint density at radius 3 is 2.53 bits per heavy atom. The van der Waals surface area contributed by atoms with Crippen molar-refractivity contribution in [3.8, 4) is 11.5 Å². The van der Waals surface area contributed by atoms with Crippen LogP contribution in [0.4, 0.5) is 0 Å². The maximum absolute atomic E-state index is 13.4. The average Bonchev–Trinajstić information content (AvgIpc) is 3.40. The summed E-state index contributed by atoms with van der Waals surface area (Å²) >= 11 is 0. The van der Waals surface area contributed by atoms with E-state index in [1.165, 1.54) is 0 Å². The Balaban J connectivity index is 1.95. The Hall–Kier alpha value is -2.96. The van der Waals surface area contributed by atoms with Crippen LogP contribution in [0, 0.1) is 0 Å². The van der Waals surface area contributed by atoms with Crippen molar-refractivity contribution < 1.29 is 14.3 Å². The van der Waals surface area contributed by atoms with E-state index in [2.05, 4.69) is 12.2 Å². The van der Waals surface area contributed by atoms with Crippen molar-refractivity contribution in [2.75, 3.05) is 14.2 Å². The molecule has 2 aromatic heterocycles. The number of aromatic nitrogens is 2. The smallest absolute Gasteiger partial charge is 0.275 e. The largest absolute Gasteiger partial charge is 0.496 e. The molecule has 0 radical (unpaired) electrons. The zero-order chi connectivity index (χ0) is 21.3. The standard InChI is InChI=1S/C23H29N3O4/c1-4-5-12-25-18(22(27)24-15-8-6-7-9-15)14-26-17(23(25)28)13-16-19(29-2)10-11-20(30-3)21(16)26/h10-11,13-15H,4-9,12H2,1-3H3,(H,24,27). The van der Waals surface area contributed by atoms with E-state index in [-0.39, 0.29) is 17.5 Å². The monoisotopic (exact) mass is 411 g/mol. The second-order valence-electron chi connectivity index (χ2n) is 7.91. The van der Waals surface area contributed by atoms with Gasteiger partial charge in [0.05, 0.1) is 19.7 Å². The molecule has 1 fully saturated rings. The molecule has 160 valence electrons. The highest BCUT2D eigenvalue weighted by molar-refractivity contribution is 5.98. The third-order valence-corrected chi connectivity index (χ3v) is 6.03. The minimum atomic E-state index is -0.194. The number of amides is 1. The van der Waals surface area contributed by atoms with Gasteiger partial charge in [-0.1, -0.05) is 26.2 Å². The summed E-state index contributed by atoms with van der Waals surface area (Å²) in [4.78, 5) is 26.6. The zero-order valence-electron chi connectivity index (χ0n) is 17.9. The molecule has 7 nitrogen and oxygen atoms in total. The first kappa shape index (κ1) is 20.3. The quantitative estimate of drug-likeness (QED) is 0.643. The van der Waals surface area contributed by atoms with Gasteiger partial charge in [-0.25, -0.2) is 0 Å². The van der Waals surface area contributed by atoms with Gasteiger partial charge in [-0.15, -0.1) is 0 Å². The Morgan fingerprint density at radius 1 is 1.17 bits per heavy atom. The number of ether oxygens (including phenoxy) is 2. The Kier molecular flexibility index (Phi) is 5.70. The van der Waals surface area contributed by atoms with Gasteiger partial charge in [-0.2, -0.15) is 0 Å². The summed E-state index contributed by atoms with van der Waals surface area (Å²) in [5, 5.41) is 3.91. The molecule has 2 heterocycles. The highest BCUT2D eigenvalue weighted by Crippen LogP contribution is 2.35. The number of unbranched alkanes of at least 4 members (excludes halogenated alkanes) is 1. The van der Waals surface area contributed by atoms with Gasteiger partial charge in [0.25, 0.3) is 11.5 Å². The van der Waals surface area contributed by atoms with E-state index in [0.717, 1.165) is 49.4 Å². The van der Waals surface area contributed by atoms with Crippen molar-refractivity contribution in [3.05, 3.63) is 40.4 Å². The molecule has 0 aliphatic heterocycles. The number of methoxy groups -OCH3 is 2. The van der Waals surface area contributed by atoms with Crippen LogP contribution in [0.1, 0.15) is 55.9 Å². The number of fused-ring (bicyclic) bond motifs is 3. The fourth-order valence-corrected chi connectivity index (χ4v) is 4.41. The van der Waals surface area contributed by atoms with Crippen LogP contribution in [0.15, 0.2) is 29.2 Å². The number of carbonyl (C=O) groups is 1. The van der Waals surface area contributed by atoms with E-state index in [9.17, 15) is 9.59 Å². The summed E-state index contributed by atoms with van der Waals surface area (Å²) in [5.41, 5.74) is 1.43. The molecule has 0 bridgehead atoms. The van der Waals surface area contributed by atoms with Crippen LogP contribution in [0.5, 0.6) is 11.5 Å². The molecule has 4 rings (SSSR count). The summed E-state index contributed by atoms with van der Waals surface area (Å²) in [6.07, 6.45) is 7.77. The maximum atomic E-state index is 13.4. The van der Waals surface area contributed by atoms with Crippen LogP contribution in [-0.4, -0.2) is 35.1 Å². The van der Waals surface area contributed by atoms with Gasteiger partial charge in [0.1, 0.15) is 22.7 Å². The van der Waals surface area contributed by atoms with Gasteiger partial charge in [0.2, 0.25) is 0 Å². The minimum Gasteiger partial charge on any atom is -0.496 e. The molecule has 0 spiro atoms. The number of benzene rings is 1. The van der Waals surface area contributed by atoms with Crippen LogP contribution < -0.4 is 20.3 Å². The molecule has 0 atom stereocenters. The van der Waals surface area contributed by atoms with Crippen molar-refractivity contribution in [2.45, 2.75) is 58.0 Å². The fraction of sp³-hybridized carbons (Fsp3) is 0.478. The van der Waals surface area contributed by atoms with E-state index in [1.807, 2.05) is 18.2 Å². The van der Waals surface area contributed by atoms with Crippen molar-refractivity contribution in [2.24, 2.45) is 0 Å². The molecule has 30 heavy (non-hydrogen) atoms. The van der Waals surface area contributed by atoms with Crippen LogP contribution in [0.25, 0.3) is 16.4 Å². The summed E-state index contributed by atoms with van der Waals surface area (Å²) in [6, 6.07) is 5.64. The molecule has 0 unspecified atom stereocenters. The zero-order valence-corrected chi connectivity index (χ0v) is 17.9. The maximum Gasteiger partial charge on any atom is 0.275 e. The van der Waals surface area contributed by atoms with Gasteiger partial charge in [0.15, 0.2) is 0 Å². The van der Waals surface area contributed by atoms with Crippen molar-refractivity contribution in [3.63, 3.8) is 0 Å². The number of carbonyl (C=O) groups excluding carboxylic acids is 1. The summed E-state index contributed by atoms with van der Waals surface area (Å²) in [5.74, 6) is 1.09. The lowest BCUT2D eigenvalue weighted by atomic mass is 10.2. The second-order valence-corrected chi connectivity index (χ2v) is 7.91. The van der Waals surface area contributed by atoms with E-state index >= 15 is 0 Å². The number of nitrogens with one attached hydrogen (secondary N) is 1. The van der Waals surface area contributed by atoms with E-state index in [4.69, 9.17) is 9.47 Å². The lowest BCUT2D eigenvalue weighted by molar-refractivity contribution is 0.0926. The number of hydrogen-bond donors (Lipinski definition) is 1. The Bertz CT molecular complexity index is 1140. The highest BCUT2D eigenvalue weighted by atomic mass is 16.5. The molecule has 1 aromatic carbocycles. The van der Waals surface area contributed by atoms with Crippen molar-refractivity contribution >= 4 is 22.3 Å². The summed E-state index contributed by atoms with van der Waals surface area (Å²) in [7, 11) is 3.19. The molecular weight excluding hydrogens is 382 g/mol. The van der Waals surface area contributed by atoms with Crippen LogP contribution in [0.2, 0.25) is 0 Å². The molecule has 1 aliphatic rings. The lowest BCUT2D eigenvalue weighted by Crippen LogP contribution is -2.37. The summed E-state index contributed by atoms with van der Waals surface area (Å²) < 4.78 is 14.4. The molecule has 0 saturated heterocycles. The molecule has 1 amide bonds. The van der Waals surface area contributed by atoms with E-state index in [0.29, 0.717) is 29.3 Å². The molecule has 1 aliphatic carbocycles. The van der Waals surface area contributed by atoms with Crippen LogP contribution in [-0.2, 0) is 6.54 Å². The molecule has 7 heteroatoms. The molecule has 1 saturated carbocycles. The van der Waals surface area contributed by atoms with E-state index < -0.39 is 0 Å². The van der Waals surface area contributed by atoms with Gasteiger partial charge >= 0.3 is 0 Å². The lowest BCUT2D eigenvalue weighted by Gasteiger charge is -2.17. The van der Waals surface area contributed by atoms with Gasteiger partial charge < -0.3 is 23.8 Å². The molecular formula is C23H29N3O4. The predicted octanol–water partition coefficient (Wildman–Crippen LogP) is 3.74. The van der Waals surface area contributed by atoms with Crippen LogP contribution >= 0.6 is 0 Å². The van der Waals surface area contributed by atoms with Gasteiger partial charge in [-0.3, -0.25) is 9.59 Å². The summed E-state index contributed by atoms with van der Waals surface area (Å²) in [6.45, 7) is 2.58. The average molecular weight is 412 g/mol. The first-order valence-electron chi connectivity index (χ1n) is 10.7. The molecule has 1 N–H and O–H groups in total. The molecule has 3 aromatic rings. The first-order chi connectivity index (χ1) is 14.6. The number of hydrogen-bond acceptors (Lipinski definition) is 4. The Morgan fingerprint density at radius 2 is 1.87 bits per heavy atom. The van der Waals surface area contributed by atoms with Gasteiger partial charge in [-0.05, 0) is 37.5 Å². The minimum absolute atomic E-state index is 0.178. The van der Waals surface area contributed by atoms with Crippen molar-refractivity contribution in [1.82, 2.24) is 14.3 Å². The second kappa shape index (κ2) is 8.42. The predicted molar refractivity (Wildman–Crippen MR) is 117 cm³/mol. The van der Waals surface area contributed by atoms with Gasteiger partial charge in [0, 0.05) is 24.2 Å². The third-order valence-electron chi connectivity index (χ3n) is 6.03. The topological polar surface area (TPSA) is 74.0 Å². The fourth-order valence-electron chi connectivity index (χ4n) is 4.41. The SMILES string of the molecule is CCCCn1c(C(=O)NC2CCCC2)cn2c(cc3c(OC)ccc(OC)c32)c1=O. The number of nitrogens with zero attached hydrogens (tertiary/aromatic N) is 2. The highest BCUT2D eigenvalue weighted by Gasteiger charge is 2.23. The number of rotatable bonds is 7. The Labute approximate surface area is 175 Å². The van der Waals surface area contributed by atoms with Crippen LogP contribution in [0.3, 0.4) is 0 Å².